The number of anilines is 1. The zero-order valence-electron chi connectivity index (χ0n) is 11.9. The number of hydrogen-bond acceptors (Lipinski definition) is 5. The van der Waals surface area contributed by atoms with Crippen LogP contribution in [-0.4, -0.2) is 34.9 Å². The van der Waals surface area contributed by atoms with Crippen LogP contribution in [-0.2, 0) is 9.53 Å². The summed E-state index contributed by atoms with van der Waals surface area (Å²) in [4.78, 5) is 15.9. The van der Waals surface area contributed by atoms with Crippen molar-refractivity contribution in [1.82, 2.24) is 4.98 Å². The SMILES string of the molecule is C[C@H](OCC(F)(F)F)C(=O)Nc1nc(-c2ccc(O)cc2)cs1. The number of carbonyl (C=O) groups excluding carboxylic acids is 1. The Hall–Kier alpha value is -2.13. The van der Waals surface area contributed by atoms with Crippen LogP contribution >= 0.6 is 11.3 Å². The first-order valence-corrected chi connectivity index (χ1v) is 7.37. The molecular weight excluding hydrogens is 333 g/mol. The molecule has 0 saturated heterocycles. The molecule has 0 bridgehead atoms. The second kappa shape index (κ2) is 6.97. The van der Waals surface area contributed by atoms with E-state index < -0.39 is 24.8 Å². The van der Waals surface area contributed by atoms with Gasteiger partial charge < -0.3 is 9.84 Å². The molecule has 2 aromatic rings. The third-order valence-electron chi connectivity index (χ3n) is 2.76. The van der Waals surface area contributed by atoms with Crippen LogP contribution in [0.2, 0.25) is 0 Å². The summed E-state index contributed by atoms with van der Waals surface area (Å²) in [5.41, 5.74) is 1.31. The van der Waals surface area contributed by atoms with Crippen molar-refractivity contribution in [3.63, 3.8) is 0 Å². The fourth-order valence-electron chi connectivity index (χ4n) is 1.60. The maximum absolute atomic E-state index is 12.0. The molecule has 2 N–H and O–H groups in total. The quantitative estimate of drug-likeness (QED) is 0.870. The molecule has 0 aliphatic carbocycles. The molecule has 1 atom stereocenters. The second-order valence-electron chi connectivity index (χ2n) is 4.64. The number of nitrogens with one attached hydrogen (secondary N) is 1. The van der Waals surface area contributed by atoms with Gasteiger partial charge in [0.25, 0.3) is 5.91 Å². The first-order valence-electron chi connectivity index (χ1n) is 6.49. The van der Waals surface area contributed by atoms with Gasteiger partial charge in [0.05, 0.1) is 5.69 Å². The first kappa shape index (κ1) is 17.2. The highest BCUT2D eigenvalue weighted by Gasteiger charge is 2.30. The van der Waals surface area contributed by atoms with E-state index in [0.29, 0.717) is 5.69 Å². The maximum Gasteiger partial charge on any atom is 0.411 e. The number of ether oxygens (including phenoxy) is 1. The average Bonchev–Trinajstić information content (AvgIpc) is 2.93. The van der Waals surface area contributed by atoms with Gasteiger partial charge in [0.15, 0.2) is 5.13 Å². The molecule has 0 fully saturated rings. The van der Waals surface area contributed by atoms with Gasteiger partial charge in [0.2, 0.25) is 0 Å². The minimum atomic E-state index is -4.48. The molecule has 0 spiro atoms. The highest BCUT2D eigenvalue weighted by molar-refractivity contribution is 7.14. The molecule has 0 aliphatic heterocycles. The van der Waals surface area contributed by atoms with Crippen molar-refractivity contribution in [3.8, 4) is 17.0 Å². The van der Waals surface area contributed by atoms with Gasteiger partial charge in [-0.15, -0.1) is 11.3 Å². The van der Waals surface area contributed by atoms with E-state index in [-0.39, 0.29) is 10.9 Å². The number of amides is 1. The largest absolute Gasteiger partial charge is 0.508 e. The maximum atomic E-state index is 12.0. The van der Waals surface area contributed by atoms with E-state index in [0.717, 1.165) is 16.9 Å². The summed E-state index contributed by atoms with van der Waals surface area (Å²) >= 11 is 1.13. The Balaban J connectivity index is 1.96. The van der Waals surface area contributed by atoms with E-state index in [1.807, 2.05) is 0 Å². The molecule has 0 saturated carbocycles. The monoisotopic (exact) mass is 346 g/mol. The topological polar surface area (TPSA) is 71.5 Å². The van der Waals surface area contributed by atoms with Crippen LogP contribution in [0.25, 0.3) is 11.3 Å². The number of thiazole rings is 1. The molecule has 2 rings (SSSR count). The van der Waals surface area contributed by atoms with Crippen molar-refractivity contribution in [2.24, 2.45) is 0 Å². The van der Waals surface area contributed by atoms with Gasteiger partial charge in [0.1, 0.15) is 18.5 Å². The van der Waals surface area contributed by atoms with Gasteiger partial charge >= 0.3 is 6.18 Å². The fourth-order valence-corrected chi connectivity index (χ4v) is 2.32. The van der Waals surface area contributed by atoms with E-state index in [1.54, 1.807) is 17.5 Å². The minimum Gasteiger partial charge on any atom is -0.508 e. The Bertz CT molecular complexity index is 671. The third-order valence-corrected chi connectivity index (χ3v) is 3.52. The van der Waals surface area contributed by atoms with E-state index in [9.17, 15) is 23.1 Å². The first-order chi connectivity index (χ1) is 10.7. The molecule has 23 heavy (non-hydrogen) atoms. The summed E-state index contributed by atoms with van der Waals surface area (Å²) in [5.74, 6) is -0.589. The standard InChI is InChI=1S/C14H13F3N2O3S/c1-8(22-7-14(15,16)17)12(21)19-13-18-11(6-23-13)9-2-4-10(20)5-3-9/h2-6,8,20H,7H2,1H3,(H,18,19,21)/t8-/m0/s1. The number of rotatable bonds is 5. The molecule has 1 amide bonds. The Morgan fingerprint density at radius 2 is 2.04 bits per heavy atom. The summed E-state index contributed by atoms with van der Waals surface area (Å²) in [6, 6.07) is 6.32. The number of hydrogen-bond donors (Lipinski definition) is 2. The van der Waals surface area contributed by atoms with Crippen molar-refractivity contribution in [3.05, 3.63) is 29.6 Å². The van der Waals surface area contributed by atoms with Crippen LogP contribution in [0.15, 0.2) is 29.6 Å². The summed E-state index contributed by atoms with van der Waals surface area (Å²) < 4.78 is 40.6. The van der Waals surface area contributed by atoms with Crippen molar-refractivity contribution >= 4 is 22.4 Å². The predicted octanol–water partition coefficient (Wildman–Crippen LogP) is 3.42. The third kappa shape index (κ3) is 5.22. The lowest BCUT2D eigenvalue weighted by Crippen LogP contribution is -2.31. The van der Waals surface area contributed by atoms with Crippen LogP contribution in [0.1, 0.15) is 6.92 Å². The summed E-state index contributed by atoms with van der Waals surface area (Å²) in [7, 11) is 0. The number of carbonyl (C=O) groups is 1. The molecule has 124 valence electrons. The minimum absolute atomic E-state index is 0.119. The van der Waals surface area contributed by atoms with Crippen LogP contribution in [0.5, 0.6) is 5.75 Å². The number of aromatic nitrogens is 1. The summed E-state index contributed by atoms with van der Waals surface area (Å²) in [6.07, 6.45) is -5.74. The predicted molar refractivity (Wildman–Crippen MR) is 79.3 cm³/mol. The van der Waals surface area contributed by atoms with Crippen LogP contribution < -0.4 is 5.32 Å². The Morgan fingerprint density at radius 1 is 1.39 bits per heavy atom. The molecule has 1 heterocycles. The number of halogens is 3. The molecule has 5 nitrogen and oxygen atoms in total. The number of phenolic OH excluding ortho intramolecular Hbond substituents is 1. The van der Waals surface area contributed by atoms with Crippen molar-refractivity contribution < 1.29 is 27.8 Å². The number of benzene rings is 1. The summed E-state index contributed by atoms with van der Waals surface area (Å²) in [6.45, 7) is -0.256. The van der Waals surface area contributed by atoms with E-state index in [4.69, 9.17) is 0 Å². The zero-order valence-corrected chi connectivity index (χ0v) is 12.7. The lowest BCUT2D eigenvalue weighted by atomic mass is 10.2. The number of phenols is 1. The van der Waals surface area contributed by atoms with Gasteiger partial charge in [-0.25, -0.2) is 4.98 Å². The molecule has 0 unspecified atom stereocenters. The Morgan fingerprint density at radius 3 is 2.65 bits per heavy atom. The highest BCUT2D eigenvalue weighted by Crippen LogP contribution is 2.26. The van der Waals surface area contributed by atoms with E-state index in [2.05, 4.69) is 15.0 Å². The Kier molecular flexibility index (Phi) is 5.22. The lowest BCUT2D eigenvalue weighted by molar-refractivity contribution is -0.184. The van der Waals surface area contributed by atoms with E-state index in [1.165, 1.54) is 19.1 Å². The Labute approximate surface area is 133 Å². The number of aromatic hydroxyl groups is 1. The van der Waals surface area contributed by atoms with Crippen molar-refractivity contribution in [2.75, 3.05) is 11.9 Å². The zero-order chi connectivity index (χ0) is 17.0. The van der Waals surface area contributed by atoms with Gasteiger partial charge in [-0.1, -0.05) is 0 Å². The molecule has 0 radical (unpaired) electrons. The normalized spacial score (nSPS) is 12.9. The number of nitrogens with zero attached hydrogens (tertiary/aromatic N) is 1. The van der Waals surface area contributed by atoms with Crippen LogP contribution in [0.4, 0.5) is 18.3 Å². The van der Waals surface area contributed by atoms with Gasteiger partial charge in [-0.2, -0.15) is 13.2 Å². The van der Waals surface area contributed by atoms with Crippen LogP contribution in [0, 0.1) is 0 Å². The smallest absolute Gasteiger partial charge is 0.411 e. The highest BCUT2D eigenvalue weighted by atomic mass is 32.1. The van der Waals surface area contributed by atoms with Gasteiger partial charge in [0, 0.05) is 10.9 Å². The average molecular weight is 346 g/mol. The van der Waals surface area contributed by atoms with Gasteiger partial charge in [-0.3, -0.25) is 10.1 Å². The molecule has 9 heteroatoms. The second-order valence-corrected chi connectivity index (χ2v) is 5.50. The fraction of sp³-hybridized carbons (Fsp3) is 0.286. The van der Waals surface area contributed by atoms with Gasteiger partial charge in [-0.05, 0) is 31.2 Å². The molecule has 1 aromatic carbocycles. The summed E-state index contributed by atoms with van der Waals surface area (Å²) in [5, 5.41) is 13.6. The molecule has 1 aromatic heterocycles. The molecular formula is C14H13F3N2O3S. The van der Waals surface area contributed by atoms with E-state index >= 15 is 0 Å². The van der Waals surface area contributed by atoms with Crippen molar-refractivity contribution in [1.29, 1.82) is 0 Å². The van der Waals surface area contributed by atoms with Crippen LogP contribution in [0.3, 0.4) is 0 Å². The molecule has 0 aliphatic rings. The number of alkyl halides is 3. The lowest BCUT2D eigenvalue weighted by Gasteiger charge is -2.13. The van der Waals surface area contributed by atoms with Crippen molar-refractivity contribution in [2.45, 2.75) is 19.2 Å².